The molecule has 0 spiro atoms. The molecule has 2 heterocycles. The molecule has 3 rings (SSSR count). The summed E-state index contributed by atoms with van der Waals surface area (Å²) in [6.45, 7) is 3.01. The molecule has 0 unspecified atom stereocenters. The minimum atomic E-state index is -1.35. The summed E-state index contributed by atoms with van der Waals surface area (Å²) in [5.41, 5.74) is 12.7. The molecule has 1 aliphatic rings. The van der Waals surface area contributed by atoms with Gasteiger partial charge in [0.25, 0.3) is 0 Å². The second-order valence-electron chi connectivity index (χ2n) is 9.21. The summed E-state index contributed by atoms with van der Waals surface area (Å²) in [4.78, 5) is 55.4. The molecule has 12 heteroatoms. The van der Waals surface area contributed by atoms with Crippen molar-refractivity contribution < 1.29 is 29.4 Å². The van der Waals surface area contributed by atoms with E-state index in [1.807, 2.05) is 24.3 Å². The van der Waals surface area contributed by atoms with Crippen molar-refractivity contribution in [1.29, 1.82) is 0 Å². The van der Waals surface area contributed by atoms with Crippen LogP contribution in [0.5, 0.6) is 0 Å². The van der Waals surface area contributed by atoms with Gasteiger partial charge >= 0.3 is 0 Å². The zero-order chi connectivity index (χ0) is 26.6. The molecule has 4 amide bonds. The molecule has 196 valence electrons. The number of benzene rings is 1. The van der Waals surface area contributed by atoms with Crippen LogP contribution in [0.1, 0.15) is 32.3 Å². The Bertz CT molecular complexity index is 1120. The molecule has 1 aromatic carbocycles. The Morgan fingerprint density at radius 2 is 1.83 bits per heavy atom. The number of primary amides is 1. The number of likely N-dealkylation sites (tertiary alicyclic amines) is 1. The van der Waals surface area contributed by atoms with Crippen molar-refractivity contribution in [3.05, 3.63) is 36.0 Å². The number of rotatable bonds is 10. The summed E-state index contributed by atoms with van der Waals surface area (Å²) in [6, 6.07) is 2.91. The third-order valence-corrected chi connectivity index (χ3v) is 6.46. The van der Waals surface area contributed by atoms with Crippen molar-refractivity contribution in [2.24, 2.45) is 11.5 Å². The molecular formula is C24H34N6O6. The Kier molecular flexibility index (Phi) is 8.66. The summed E-state index contributed by atoms with van der Waals surface area (Å²) in [6.07, 6.45) is 0.379. The Hall–Kier alpha value is -3.48. The van der Waals surface area contributed by atoms with Crippen molar-refractivity contribution in [2.45, 2.75) is 69.5 Å². The molecule has 0 radical (unpaired) electrons. The lowest BCUT2D eigenvalue weighted by Crippen LogP contribution is -2.59. The van der Waals surface area contributed by atoms with Gasteiger partial charge in [0.05, 0.1) is 12.2 Å². The Balaban J connectivity index is 1.84. The third kappa shape index (κ3) is 6.01. The minimum absolute atomic E-state index is 0.0702. The molecule has 0 bridgehead atoms. The van der Waals surface area contributed by atoms with Crippen molar-refractivity contribution in [1.82, 2.24) is 20.5 Å². The van der Waals surface area contributed by atoms with Crippen LogP contribution in [0, 0.1) is 0 Å². The maximum atomic E-state index is 13.3. The van der Waals surface area contributed by atoms with Gasteiger partial charge in [-0.3, -0.25) is 19.2 Å². The molecule has 36 heavy (non-hydrogen) atoms. The highest BCUT2D eigenvalue weighted by Gasteiger charge is 2.39. The number of aromatic nitrogens is 1. The van der Waals surface area contributed by atoms with Gasteiger partial charge in [-0.25, -0.2) is 0 Å². The van der Waals surface area contributed by atoms with Crippen molar-refractivity contribution in [3.63, 3.8) is 0 Å². The SMILES string of the molecule is C[C@@H](O)[C@H](N)C(=O)N1CCC[C@H]1C(=O)N[C@@H](Cc1c[nH]c2ccccc12)C(=O)N[C@H](C(N)=O)[C@@H](C)O. The average molecular weight is 503 g/mol. The van der Waals surface area contributed by atoms with E-state index in [2.05, 4.69) is 15.6 Å². The molecule has 0 saturated carbocycles. The lowest BCUT2D eigenvalue weighted by Gasteiger charge is -2.29. The van der Waals surface area contributed by atoms with Crippen molar-refractivity contribution in [2.75, 3.05) is 6.54 Å². The summed E-state index contributed by atoms with van der Waals surface area (Å²) >= 11 is 0. The fourth-order valence-electron chi connectivity index (χ4n) is 4.38. The smallest absolute Gasteiger partial charge is 0.243 e. The molecular weight excluding hydrogens is 468 g/mol. The van der Waals surface area contributed by atoms with Gasteiger partial charge in [-0.05, 0) is 38.3 Å². The molecule has 2 aromatic rings. The number of hydrogen-bond acceptors (Lipinski definition) is 7. The normalized spacial score (nSPS) is 19.8. The number of fused-ring (bicyclic) bond motifs is 1. The minimum Gasteiger partial charge on any atom is -0.391 e. The summed E-state index contributed by atoms with van der Waals surface area (Å²) in [5, 5.41) is 25.6. The number of aliphatic hydroxyl groups excluding tert-OH is 2. The molecule has 12 nitrogen and oxygen atoms in total. The van der Waals surface area contributed by atoms with Gasteiger partial charge in [0.1, 0.15) is 24.2 Å². The predicted molar refractivity (Wildman–Crippen MR) is 131 cm³/mol. The second kappa shape index (κ2) is 11.5. The number of nitrogens with one attached hydrogen (secondary N) is 3. The van der Waals surface area contributed by atoms with Crippen LogP contribution in [0.4, 0.5) is 0 Å². The van der Waals surface area contributed by atoms with E-state index < -0.39 is 60.0 Å². The van der Waals surface area contributed by atoms with Gasteiger partial charge in [-0.15, -0.1) is 0 Å². The number of carbonyl (C=O) groups is 4. The first-order chi connectivity index (χ1) is 17.0. The lowest BCUT2D eigenvalue weighted by molar-refractivity contribution is -0.142. The zero-order valence-electron chi connectivity index (χ0n) is 20.3. The highest BCUT2D eigenvalue weighted by atomic mass is 16.3. The van der Waals surface area contributed by atoms with E-state index in [0.29, 0.717) is 19.4 Å². The maximum Gasteiger partial charge on any atom is 0.243 e. The van der Waals surface area contributed by atoms with Gasteiger partial charge in [0, 0.05) is 30.1 Å². The van der Waals surface area contributed by atoms with E-state index in [9.17, 15) is 29.4 Å². The van der Waals surface area contributed by atoms with Crippen LogP contribution >= 0.6 is 0 Å². The Morgan fingerprint density at radius 3 is 2.47 bits per heavy atom. The summed E-state index contributed by atoms with van der Waals surface area (Å²) in [5.74, 6) is -2.75. The molecule has 1 aliphatic heterocycles. The summed E-state index contributed by atoms with van der Waals surface area (Å²) < 4.78 is 0. The molecule has 1 aromatic heterocycles. The highest BCUT2D eigenvalue weighted by molar-refractivity contribution is 5.95. The first-order valence-electron chi connectivity index (χ1n) is 11.9. The standard InChI is InChI=1S/C24H34N6O6/c1-12(31)19(25)24(36)30-9-5-8-18(30)23(35)28-17(22(34)29-20(13(2)32)21(26)33)10-14-11-27-16-7-4-3-6-15(14)16/h3-4,6-7,11-13,17-20,27,31-32H,5,8-10,25H2,1-2H3,(H2,26,33)(H,28,35)(H,29,34)/t12-,13-,17+,18+,19+,20+/m1/s1. The van der Waals surface area contributed by atoms with E-state index in [1.165, 1.54) is 18.7 Å². The second-order valence-corrected chi connectivity index (χ2v) is 9.21. The summed E-state index contributed by atoms with van der Waals surface area (Å²) in [7, 11) is 0. The van der Waals surface area contributed by atoms with Gasteiger partial charge in [0.15, 0.2) is 0 Å². The number of aliphatic hydroxyl groups is 2. The topological polar surface area (TPSA) is 204 Å². The quantitative estimate of drug-likeness (QED) is 0.199. The number of hydrogen-bond donors (Lipinski definition) is 7. The van der Waals surface area contributed by atoms with E-state index in [4.69, 9.17) is 11.5 Å². The molecule has 9 N–H and O–H groups in total. The predicted octanol–water partition coefficient (Wildman–Crippen LogP) is -1.75. The van der Waals surface area contributed by atoms with Crippen molar-refractivity contribution >= 4 is 34.5 Å². The van der Waals surface area contributed by atoms with Crippen LogP contribution in [0.3, 0.4) is 0 Å². The van der Waals surface area contributed by atoms with Crippen LogP contribution in [-0.2, 0) is 25.6 Å². The number of nitrogens with two attached hydrogens (primary N) is 2. The average Bonchev–Trinajstić information content (AvgIpc) is 3.48. The molecule has 1 fully saturated rings. The zero-order valence-corrected chi connectivity index (χ0v) is 20.3. The fraction of sp³-hybridized carbons (Fsp3) is 0.500. The monoisotopic (exact) mass is 502 g/mol. The van der Waals surface area contributed by atoms with Gasteiger partial charge < -0.3 is 42.2 Å². The van der Waals surface area contributed by atoms with Gasteiger partial charge in [-0.1, -0.05) is 18.2 Å². The van der Waals surface area contributed by atoms with E-state index in [-0.39, 0.29) is 6.42 Å². The molecule has 6 atom stereocenters. The van der Waals surface area contributed by atoms with Crippen LogP contribution in [-0.4, -0.2) is 86.6 Å². The van der Waals surface area contributed by atoms with Crippen LogP contribution < -0.4 is 22.1 Å². The maximum absolute atomic E-state index is 13.3. The fourth-order valence-corrected chi connectivity index (χ4v) is 4.38. The third-order valence-electron chi connectivity index (χ3n) is 6.46. The van der Waals surface area contributed by atoms with Crippen molar-refractivity contribution in [3.8, 4) is 0 Å². The number of aromatic amines is 1. The lowest BCUT2D eigenvalue weighted by atomic mass is 10.0. The number of carbonyl (C=O) groups excluding carboxylic acids is 4. The molecule has 0 aliphatic carbocycles. The van der Waals surface area contributed by atoms with Gasteiger partial charge in [-0.2, -0.15) is 0 Å². The number of nitrogens with zero attached hydrogens (tertiary/aromatic N) is 1. The van der Waals surface area contributed by atoms with Crippen LogP contribution in [0.25, 0.3) is 10.9 Å². The molecule has 1 saturated heterocycles. The van der Waals surface area contributed by atoms with Crippen LogP contribution in [0.2, 0.25) is 0 Å². The first kappa shape index (κ1) is 27.1. The van der Waals surface area contributed by atoms with Crippen LogP contribution in [0.15, 0.2) is 30.5 Å². The van der Waals surface area contributed by atoms with E-state index in [0.717, 1.165) is 16.5 Å². The highest BCUT2D eigenvalue weighted by Crippen LogP contribution is 2.21. The first-order valence-corrected chi connectivity index (χ1v) is 11.9. The Labute approximate surface area is 208 Å². The number of H-pyrrole nitrogens is 1. The Morgan fingerprint density at radius 1 is 1.14 bits per heavy atom. The van der Waals surface area contributed by atoms with E-state index >= 15 is 0 Å². The number of para-hydroxylation sites is 1. The number of amides is 4. The van der Waals surface area contributed by atoms with Gasteiger partial charge in [0.2, 0.25) is 23.6 Å². The largest absolute Gasteiger partial charge is 0.391 e. The van der Waals surface area contributed by atoms with E-state index in [1.54, 1.807) is 6.20 Å².